The van der Waals surface area contributed by atoms with Gasteiger partial charge in [0, 0.05) is 12.6 Å². The Morgan fingerprint density at radius 2 is 2.00 bits per heavy atom. The first-order valence-electron chi connectivity index (χ1n) is 5.53. The summed E-state index contributed by atoms with van der Waals surface area (Å²) in [6.45, 7) is 4.59. The van der Waals surface area contributed by atoms with Crippen molar-refractivity contribution in [1.82, 2.24) is 9.80 Å². The third-order valence-corrected chi connectivity index (χ3v) is 3.09. The van der Waals surface area contributed by atoms with Crippen LogP contribution in [0.15, 0.2) is 0 Å². The number of rotatable bonds is 3. The van der Waals surface area contributed by atoms with Crippen molar-refractivity contribution in [2.45, 2.75) is 31.3 Å². The van der Waals surface area contributed by atoms with E-state index in [1.165, 1.54) is 12.8 Å². The number of nitrogens with two attached hydrogens (primary N) is 1. The quantitative estimate of drug-likeness (QED) is 0.725. The first kappa shape index (κ1) is 12.4. The highest BCUT2D eigenvalue weighted by molar-refractivity contribution is 5.03. The maximum Gasteiger partial charge on any atom is 0.114 e. The van der Waals surface area contributed by atoms with E-state index in [0.717, 1.165) is 13.1 Å². The number of nitriles is 1. The molecule has 0 aromatic carbocycles. The Morgan fingerprint density at radius 3 is 2.40 bits per heavy atom. The highest BCUT2D eigenvalue weighted by Crippen LogP contribution is 2.15. The van der Waals surface area contributed by atoms with E-state index >= 15 is 0 Å². The Kier molecular flexibility index (Phi) is 4.09. The minimum Gasteiger partial charge on any atom is -0.313 e. The minimum atomic E-state index is -0.703. The van der Waals surface area contributed by atoms with Gasteiger partial charge in [-0.15, -0.1) is 0 Å². The summed E-state index contributed by atoms with van der Waals surface area (Å²) in [7, 11) is 4.26. The maximum absolute atomic E-state index is 8.86. The number of likely N-dealkylation sites (tertiary alicyclic amines) is 1. The van der Waals surface area contributed by atoms with E-state index in [1.54, 1.807) is 6.92 Å². The van der Waals surface area contributed by atoms with Gasteiger partial charge in [0.2, 0.25) is 0 Å². The van der Waals surface area contributed by atoms with E-state index < -0.39 is 5.54 Å². The van der Waals surface area contributed by atoms with Crippen LogP contribution in [0, 0.1) is 11.3 Å². The molecule has 1 unspecified atom stereocenters. The van der Waals surface area contributed by atoms with Gasteiger partial charge in [-0.1, -0.05) is 0 Å². The first-order valence-corrected chi connectivity index (χ1v) is 5.53. The predicted molar refractivity (Wildman–Crippen MR) is 61.4 cm³/mol. The second kappa shape index (κ2) is 4.93. The van der Waals surface area contributed by atoms with E-state index in [2.05, 4.69) is 30.0 Å². The zero-order chi connectivity index (χ0) is 11.5. The maximum atomic E-state index is 8.86. The van der Waals surface area contributed by atoms with Gasteiger partial charge in [0.25, 0.3) is 0 Å². The molecule has 1 rings (SSSR count). The monoisotopic (exact) mass is 210 g/mol. The van der Waals surface area contributed by atoms with Gasteiger partial charge in [0.05, 0.1) is 6.07 Å². The summed E-state index contributed by atoms with van der Waals surface area (Å²) in [6.07, 6.45) is 2.35. The van der Waals surface area contributed by atoms with Crippen molar-refractivity contribution in [2.75, 3.05) is 33.7 Å². The summed E-state index contributed by atoms with van der Waals surface area (Å²) in [5.74, 6) is 0. The SMILES string of the molecule is CN(C)C1CCN(CC(C)(N)C#N)CC1. The Bertz CT molecular complexity index is 233. The highest BCUT2D eigenvalue weighted by Gasteiger charge is 2.26. The second-order valence-electron chi connectivity index (χ2n) is 5.00. The van der Waals surface area contributed by atoms with Crippen molar-refractivity contribution in [3.05, 3.63) is 0 Å². The molecule has 0 spiro atoms. The van der Waals surface area contributed by atoms with Crippen LogP contribution in [0.1, 0.15) is 19.8 Å². The first-order chi connectivity index (χ1) is 6.94. The molecule has 0 amide bonds. The standard InChI is InChI=1S/C11H22N4/c1-11(13,8-12)9-15-6-4-10(5-7-15)14(2)3/h10H,4-7,9,13H2,1-3H3. The fourth-order valence-corrected chi connectivity index (χ4v) is 2.09. The summed E-state index contributed by atoms with van der Waals surface area (Å²) >= 11 is 0. The number of hydrogen-bond acceptors (Lipinski definition) is 4. The van der Waals surface area contributed by atoms with E-state index in [4.69, 9.17) is 11.0 Å². The lowest BCUT2D eigenvalue weighted by Gasteiger charge is -2.37. The molecule has 0 saturated carbocycles. The largest absolute Gasteiger partial charge is 0.313 e. The molecule has 86 valence electrons. The van der Waals surface area contributed by atoms with Gasteiger partial charge in [-0.25, -0.2) is 0 Å². The molecular weight excluding hydrogens is 188 g/mol. The van der Waals surface area contributed by atoms with Crippen molar-refractivity contribution in [3.8, 4) is 6.07 Å². The number of nitrogens with zero attached hydrogens (tertiary/aromatic N) is 3. The number of hydrogen-bond donors (Lipinski definition) is 1. The van der Waals surface area contributed by atoms with Crippen LogP contribution in [0.2, 0.25) is 0 Å². The summed E-state index contributed by atoms with van der Waals surface area (Å²) in [6, 6.07) is 2.84. The average Bonchev–Trinajstić information content (AvgIpc) is 2.18. The normalized spacial score (nSPS) is 23.7. The molecule has 1 aliphatic rings. The second-order valence-corrected chi connectivity index (χ2v) is 5.00. The molecule has 1 fully saturated rings. The van der Waals surface area contributed by atoms with Crippen molar-refractivity contribution in [1.29, 1.82) is 5.26 Å². The third-order valence-electron chi connectivity index (χ3n) is 3.09. The molecule has 0 bridgehead atoms. The Balaban J connectivity index is 2.36. The van der Waals surface area contributed by atoms with Crippen molar-refractivity contribution < 1.29 is 0 Å². The Hall–Kier alpha value is -0.630. The molecule has 1 aliphatic heterocycles. The molecule has 0 aliphatic carbocycles. The van der Waals surface area contributed by atoms with Gasteiger partial charge >= 0.3 is 0 Å². The fraction of sp³-hybridized carbons (Fsp3) is 0.909. The van der Waals surface area contributed by atoms with Gasteiger partial charge in [-0.3, -0.25) is 0 Å². The summed E-state index contributed by atoms with van der Waals surface area (Å²) < 4.78 is 0. The van der Waals surface area contributed by atoms with Gasteiger partial charge in [-0.05, 0) is 47.0 Å². The number of piperidine rings is 1. The molecular formula is C11H22N4. The highest BCUT2D eigenvalue weighted by atomic mass is 15.2. The summed E-state index contributed by atoms with van der Waals surface area (Å²) in [5, 5.41) is 8.86. The fourth-order valence-electron chi connectivity index (χ4n) is 2.09. The predicted octanol–water partition coefficient (Wildman–Crippen LogP) is 0.253. The minimum absolute atomic E-state index is 0.684. The van der Waals surface area contributed by atoms with Crippen LogP contribution >= 0.6 is 0 Å². The molecule has 15 heavy (non-hydrogen) atoms. The van der Waals surface area contributed by atoms with Crippen LogP contribution in [0.4, 0.5) is 0 Å². The summed E-state index contributed by atoms with van der Waals surface area (Å²) in [5.41, 5.74) is 5.12. The average molecular weight is 210 g/mol. The Morgan fingerprint density at radius 1 is 1.47 bits per heavy atom. The van der Waals surface area contributed by atoms with E-state index in [9.17, 15) is 0 Å². The van der Waals surface area contributed by atoms with E-state index in [1.807, 2.05) is 0 Å². The van der Waals surface area contributed by atoms with Gasteiger partial charge in [0.1, 0.15) is 5.54 Å². The molecule has 4 heteroatoms. The van der Waals surface area contributed by atoms with Crippen molar-refractivity contribution >= 4 is 0 Å². The zero-order valence-corrected chi connectivity index (χ0v) is 10.0. The summed E-state index contributed by atoms with van der Waals surface area (Å²) in [4.78, 5) is 4.58. The van der Waals surface area contributed by atoms with Crippen LogP contribution in [-0.2, 0) is 0 Å². The van der Waals surface area contributed by atoms with Crippen LogP contribution < -0.4 is 5.73 Å². The molecule has 0 aromatic heterocycles. The van der Waals surface area contributed by atoms with Gasteiger partial charge < -0.3 is 15.5 Å². The lowest BCUT2D eigenvalue weighted by atomic mass is 10.0. The topological polar surface area (TPSA) is 56.3 Å². The molecule has 1 atom stereocenters. The molecule has 1 saturated heterocycles. The van der Waals surface area contributed by atoms with Gasteiger partial charge in [0.15, 0.2) is 0 Å². The Labute approximate surface area is 92.6 Å². The lowest BCUT2D eigenvalue weighted by molar-refractivity contribution is 0.134. The molecule has 0 aromatic rings. The molecule has 0 radical (unpaired) electrons. The van der Waals surface area contributed by atoms with Crippen molar-refractivity contribution in [3.63, 3.8) is 0 Å². The van der Waals surface area contributed by atoms with Crippen LogP contribution in [0.25, 0.3) is 0 Å². The smallest absolute Gasteiger partial charge is 0.114 e. The molecule has 2 N–H and O–H groups in total. The zero-order valence-electron chi connectivity index (χ0n) is 10.0. The van der Waals surface area contributed by atoms with Crippen LogP contribution in [-0.4, -0.2) is 55.1 Å². The van der Waals surface area contributed by atoms with E-state index in [0.29, 0.717) is 12.6 Å². The van der Waals surface area contributed by atoms with E-state index in [-0.39, 0.29) is 0 Å². The van der Waals surface area contributed by atoms with Crippen molar-refractivity contribution in [2.24, 2.45) is 5.73 Å². The van der Waals surface area contributed by atoms with Crippen LogP contribution in [0.5, 0.6) is 0 Å². The molecule has 4 nitrogen and oxygen atoms in total. The third kappa shape index (κ3) is 3.78. The van der Waals surface area contributed by atoms with Gasteiger partial charge in [-0.2, -0.15) is 5.26 Å². The molecule has 1 heterocycles. The van der Waals surface area contributed by atoms with Crippen LogP contribution in [0.3, 0.4) is 0 Å². The lowest BCUT2D eigenvalue weighted by Crippen LogP contribution is -2.50.